The van der Waals surface area contributed by atoms with Gasteiger partial charge in [-0.15, -0.1) is 0 Å². The lowest BCUT2D eigenvalue weighted by Crippen LogP contribution is -2.12. The number of benzene rings is 1. The molecule has 0 saturated heterocycles. The Labute approximate surface area is 80.0 Å². The Hall–Kier alpha value is -1.24. The van der Waals surface area contributed by atoms with Crippen LogP contribution in [0.15, 0.2) is 42.0 Å². The van der Waals surface area contributed by atoms with Crippen molar-refractivity contribution in [3.63, 3.8) is 0 Å². The molecule has 0 radical (unpaired) electrons. The summed E-state index contributed by atoms with van der Waals surface area (Å²) in [4.78, 5) is 0. The molecule has 0 heterocycles. The normalized spacial score (nSPS) is 13.9. The predicted octanol–water partition coefficient (Wildman–Crippen LogP) is 3.42. The van der Waals surface area contributed by atoms with E-state index in [-0.39, 0.29) is 6.10 Å². The summed E-state index contributed by atoms with van der Waals surface area (Å²) in [5, 5.41) is 0. The summed E-state index contributed by atoms with van der Waals surface area (Å²) in [5.74, 6) is 0.927. The van der Waals surface area contributed by atoms with Crippen LogP contribution in [0.2, 0.25) is 0 Å². The van der Waals surface area contributed by atoms with Crippen molar-refractivity contribution >= 4 is 0 Å². The van der Waals surface area contributed by atoms with E-state index in [9.17, 15) is 0 Å². The molecule has 1 rings (SSSR count). The molecule has 0 fully saturated rings. The Kier molecular flexibility index (Phi) is 3.56. The summed E-state index contributed by atoms with van der Waals surface area (Å²) in [6.07, 6.45) is 2.24. The Morgan fingerprint density at radius 2 is 1.92 bits per heavy atom. The first-order valence-electron chi connectivity index (χ1n) is 4.58. The van der Waals surface area contributed by atoms with Gasteiger partial charge in [-0.2, -0.15) is 0 Å². The van der Waals surface area contributed by atoms with Gasteiger partial charge in [0.25, 0.3) is 0 Å². The number of allylic oxidation sites excluding steroid dienone is 1. The largest absolute Gasteiger partial charge is 0.486 e. The molecule has 0 aromatic heterocycles. The first-order chi connectivity index (χ1) is 6.24. The van der Waals surface area contributed by atoms with Gasteiger partial charge in [-0.05, 0) is 38.5 Å². The van der Waals surface area contributed by atoms with E-state index < -0.39 is 0 Å². The van der Waals surface area contributed by atoms with Crippen LogP contribution in [0.3, 0.4) is 0 Å². The van der Waals surface area contributed by atoms with Crippen LogP contribution in [0.1, 0.15) is 20.8 Å². The van der Waals surface area contributed by atoms with E-state index in [1.54, 1.807) is 0 Å². The summed E-state index contributed by atoms with van der Waals surface area (Å²) in [7, 11) is 0. The molecule has 0 aliphatic carbocycles. The monoisotopic (exact) mass is 176 g/mol. The van der Waals surface area contributed by atoms with Crippen molar-refractivity contribution in [3.05, 3.63) is 42.0 Å². The quantitative estimate of drug-likeness (QED) is 0.641. The molecule has 0 bridgehead atoms. The Balaban J connectivity index is 2.60. The molecule has 0 unspecified atom stereocenters. The van der Waals surface area contributed by atoms with Gasteiger partial charge in [-0.25, -0.2) is 0 Å². The molecule has 0 aliphatic rings. The van der Waals surface area contributed by atoms with E-state index in [0.717, 1.165) is 5.75 Å². The van der Waals surface area contributed by atoms with Crippen LogP contribution >= 0.6 is 0 Å². The van der Waals surface area contributed by atoms with E-state index in [0.29, 0.717) is 0 Å². The molecule has 13 heavy (non-hydrogen) atoms. The topological polar surface area (TPSA) is 9.23 Å². The van der Waals surface area contributed by atoms with Crippen LogP contribution in [0.4, 0.5) is 0 Å². The number of para-hydroxylation sites is 1. The van der Waals surface area contributed by atoms with Crippen molar-refractivity contribution in [1.82, 2.24) is 0 Å². The van der Waals surface area contributed by atoms with Crippen LogP contribution in [0, 0.1) is 0 Å². The zero-order valence-electron chi connectivity index (χ0n) is 8.45. The molecule has 1 heteroatoms. The summed E-state index contributed by atoms with van der Waals surface area (Å²) >= 11 is 0. The van der Waals surface area contributed by atoms with E-state index in [1.165, 1.54) is 5.57 Å². The van der Waals surface area contributed by atoms with Crippen molar-refractivity contribution in [1.29, 1.82) is 0 Å². The van der Waals surface area contributed by atoms with E-state index in [1.807, 2.05) is 37.3 Å². The van der Waals surface area contributed by atoms with Gasteiger partial charge in [0.15, 0.2) is 0 Å². The minimum Gasteiger partial charge on any atom is -0.486 e. The van der Waals surface area contributed by atoms with Gasteiger partial charge in [0.05, 0.1) is 0 Å². The standard InChI is InChI=1S/C12H16O/c1-4-10(2)11(3)13-12-8-6-5-7-9-12/h4-9,11H,1-3H3/b10-4-/t11-/m0/s1. The second-order valence-corrected chi connectivity index (χ2v) is 3.11. The van der Waals surface area contributed by atoms with Crippen LogP contribution in [0.25, 0.3) is 0 Å². The van der Waals surface area contributed by atoms with E-state index >= 15 is 0 Å². The fourth-order valence-corrected chi connectivity index (χ4v) is 1.03. The Bertz CT molecular complexity index is 274. The highest BCUT2D eigenvalue weighted by Crippen LogP contribution is 2.14. The number of ether oxygens (including phenoxy) is 1. The average molecular weight is 176 g/mol. The van der Waals surface area contributed by atoms with Gasteiger partial charge in [0.1, 0.15) is 11.9 Å². The lowest BCUT2D eigenvalue weighted by atomic mass is 10.2. The molecule has 0 saturated carbocycles. The smallest absolute Gasteiger partial charge is 0.120 e. The molecule has 0 N–H and O–H groups in total. The van der Waals surface area contributed by atoms with Crippen molar-refractivity contribution in [3.8, 4) is 5.75 Å². The number of hydrogen-bond acceptors (Lipinski definition) is 1. The van der Waals surface area contributed by atoms with Crippen molar-refractivity contribution in [2.75, 3.05) is 0 Å². The minimum atomic E-state index is 0.160. The molecule has 1 atom stereocenters. The average Bonchev–Trinajstić information content (AvgIpc) is 2.18. The summed E-state index contributed by atoms with van der Waals surface area (Å²) in [6, 6.07) is 9.89. The summed E-state index contributed by atoms with van der Waals surface area (Å²) in [6.45, 7) is 6.16. The molecule has 0 spiro atoms. The van der Waals surface area contributed by atoms with Gasteiger partial charge < -0.3 is 4.74 Å². The van der Waals surface area contributed by atoms with Gasteiger partial charge >= 0.3 is 0 Å². The fourth-order valence-electron chi connectivity index (χ4n) is 1.03. The van der Waals surface area contributed by atoms with Crippen LogP contribution in [-0.4, -0.2) is 6.10 Å². The number of rotatable bonds is 3. The zero-order chi connectivity index (χ0) is 9.68. The molecule has 1 nitrogen and oxygen atoms in total. The van der Waals surface area contributed by atoms with Gasteiger partial charge in [-0.1, -0.05) is 24.3 Å². The highest BCUT2D eigenvalue weighted by molar-refractivity contribution is 5.22. The number of hydrogen-bond donors (Lipinski definition) is 0. The fraction of sp³-hybridized carbons (Fsp3) is 0.333. The van der Waals surface area contributed by atoms with Crippen LogP contribution in [0.5, 0.6) is 5.75 Å². The van der Waals surface area contributed by atoms with E-state index in [4.69, 9.17) is 4.74 Å². The third-order valence-electron chi connectivity index (χ3n) is 2.15. The Morgan fingerprint density at radius 1 is 1.31 bits per heavy atom. The second-order valence-electron chi connectivity index (χ2n) is 3.11. The van der Waals surface area contributed by atoms with Gasteiger partial charge in [-0.3, -0.25) is 0 Å². The first-order valence-corrected chi connectivity index (χ1v) is 4.58. The Morgan fingerprint density at radius 3 is 2.46 bits per heavy atom. The predicted molar refractivity (Wildman–Crippen MR) is 56.0 cm³/mol. The van der Waals surface area contributed by atoms with Crippen LogP contribution in [-0.2, 0) is 0 Å². The molecule has 70 valence electrons. The van der Waals surface area contributed by atoms with Crippen molar-refractivity contribution in [2.24, 2.45) is 0 Å². The van der Waals surface area contributed by atoms with Gasteiger partial charge in [0, 0.05) is 0 Å². The maximum Gasteiger partial charge on any atom is 0.120 e. The third-order valence-corrected chi connectivity index (χ3v) is 2.15. The molecule has 1 aromatic carbocycles. The van der Waals surface area contributed by atoms with Crippen molar-refractivity contribution < 1.29 is 4.74 Å². The third kappa shape index (κ3) is 2.94. The summed E-state index contributed by atoms with van der Waals surface area (Å²) in [5.41, 5.74) is 1.25. The second kappa shape index (κ2) is 4.70. The molecule has 0 aliphatic heterocycles. The maximum atomic E-state index is 5.70. The SMILES string of the molecule is C/C=C(/C)[C@H](C)Oc1ccccc1. The highest BCUT2D eigenvalue weighted by Gasteiger charge is 2.03. The molecular weight excluding hydrogens is 160 g/mol. The van der Waals surface area contributed by atoms with E-state index in [2.05, 4.69) is 19.9 Å². The molecular formula is C12H16O. The summed E-state index contributed by atoms with van der Waals surface area (Å²) < 4.78 is 5.70. The first kappa shape index (κ1) is 9.85. The van der Waals surface area contributed by atoms with Gasteiger partial charge in [0.2, 0.25) is 0 Å². The highest BCUT2D eigenvalue weighted by atomic mass is 16.5. The lowest BCUT2D eigenvalue weighted by molar-refractivity contribution is 0.257. The zero-order valence-corrected chi connectivity index (χ0v) is 8.45. The van der Waals surface area contributed by atoms with Crippen molar-refractivity contribution in [2.45, 2.75) is 26.9 Å². The lowest BCUT2D eigenvalue weighted by Gasteiger charge is -2.14. The molecule has 1 aromatic rings. The maximum absolute atomic E-state index is 5.70. The van der Waals surface area contributed by atoms with Crippen LogP contribution < -0.4 is 4.74 Å². The minimum absolute atomic E-state index is 0.160. The molecule has 0 amide bonds.